The van der Waals surface area contributed by atoms with Crippen LogP contribution >= 0.6 is 0 Å². The van der Waals surface area contributed by atoms with Crippen LogP contribution < -0.4 is 0 Å². The van der Waals surface area contributed by atoms with Crippen molar-refractivity contribution in [2.24, 2.45) is 0 Å². The molecule has 0 saturated carbocycles. The van der Waals surface area contributed by atoms with Crippen molar-refractivity contribution in [1.29, 1.82) is 0 Å². The molecule has 2 aliphatic rings. The standard InChI is InChI=1S/C24H38N2O4S/c1-14(2)17-10-18(15(3)4)22(19(11-17)16(5)6)31(28,29)26-20-12-25(13-21(20)26)23(27)30-24(7,8)9/h10-11,14-16,20-21H,12-13H2,1-9H3. The Morgan fingerprint density at radius 3 is 1.74 bits per heavy atom. The fourth-order valence-corrected chi connectivity index (χ4v) is 6.83. The summed E-state index contributed by atoms with van der Waals surface area (Å²) in [5.41, 5.74) is 2.40. The Morgan fingerprint density at radius 1 is 0.935 bits per heavy atom. The zero-order valence-electron chi connectivity index (χ0n) is 20.4. The summed E-state index contributed by atoms with van der Waals surface area (Å²) in [7, 11) is -3.65. The van der Waals surface area contributed by atoms with Crippen molar-refractivity contribution in [3.05, 3.63) is 28.8 Å². The van der Waals surface area contributed by atoms with Gasteiger partial charge < -0.3 is 9.64 Å². The van der Waals surface area contributed by atoms with Gasteiger partial charge in [-0.05, 0) is 55.2 Å². The first-order chi connectivity index (χ1) is 14.1. The second-order valence-electron chi connectivity index (χ2n) is 10.8. The molecule has 0 bridgehead atoms. The molecule has 174 valence electrons. The number of fused-ring (bicyclic) bond motifs is 1. The van der Waals surface area contributed by atoms with Crippen molar-refractivity contribution < 1.29 is 17.9 Å². The molecule has 2 aliphatic heterocycles. The van der Waals surface area contributed by atoms with Crippen LogP contribution in [0.1, 0.15) is 96.8 Å². The first-order valence-electron chi connectivity index (χ1n) is 11.3. The van der Waals surface area contributed by atoms with Crippen molar-refractivity contribution in [2.45, 2.75) is 103 Å². The molecule has 7 heteroatoms. The molecule has 2 heterocycles. The van der Waals surface area contributed by atoms with Crippen molar-refractivity contribution in [3.63, 3.8) is 0 Å². The first-order valence-corrected chi connectivity index (χ1v) is 12.8. The number of carbonyl (C=O) groups is 1. The Balaban J connectivity index is 1.92. The lowest BCUT2D eigenvalue weighted by Crippen LogP contribution is -2.40. The van der Waals surface area contributed by atoms with Crippen molar-refractivity contribution in [1.82, 2.24) is 9.21 Å². The van der Waals surface area contributed by atoms with E-state index in [-0.39, 0.29) is 30.0 Å². The Hall–Kier alpha value is -1.60. The highest BCUT2D eigenvalue weighted by Gasteiger charge is 2.62. The zero-order chi connectivity index (χ0) is 23.5. The predicted molar refractivity (Wildman–Crippen MR) is 123 cm³/mol. The first kappa shape index (κ1) is 24.1. The molecule has 0 spiro atoms. The van der Waals surface area contributed by atoms with Gasteiger partial charge in [-0.15, -0.1) is 0 Å². The highest BCUT2D eigenvalue weighted by molar-refractivity contribution is 7.89. The smallest absolute Gasteiger partial charge is 0.410 e. The van der Waals surface area contributed by atoms with Gasteiger partial charge in [-0.25, -0.2) is 13.2 Å². The third-order valence-electron chi connectivity index (χ3n) is 6.09. The molecule has 1 aromatic carbocycles. The molecule has 6 nitrogen and oxygen atoms in total. The maximum absolute atomic E-state index is 13.8. The summed E-state index contributed by atoms with van der Waals surface area (Å²) in [4.78, 5) is 14.5. The van der Waals surface area contributed by atoms with Gasteiger partial charge in [0, 0.05) is 13.1 Å². The Labute approximate surface area is 188 Å². The second-order valence-corrected chi connectivity index (χ2v) is 12.6. The van der Waals surface area contributed by atoms with Crippen molar-refractivity contribution >= 4 is 16.1 Å². The van der Waals surface area contributed by atoms with Crippen molar-refractivity contribution in [3.8, 4) is 0 Å². The van der Waals surface area contributed by atoms with Crippen LogP contribution in [0.2, 0.25) is 0 Å². The van der Waals surface area contributed by atoms with Gasteiger partial charge in [0.25, 0.3) is 0 Å². The topological polar surface area (TPSA) is 66.7 Å². The molecule has 3 rings (SSSR count). The minimum Gasteiger partial charge on any atom is -0.444 e. The van der Waals surface area contributed by atoms with Gasteiger partial charge in [-0.1, -0.05) is 53.7 Å². The summed E-state index contributed by atoms with van der Waals surface area (Å²) in [6, 6.07) is 3.81. The Kier molecular flexibility index (Phi) is 6.26. The third kappa shape index (κ3) is 4.63. The van der Waals surface area contributed by atoms with E-state index in [1.165, 1.54) is 5.56 Å². The van der Waals surface area contributed by atoms with Crippen LogP contribution in [-0.4, -0.2) is 54.5 Å². The number of ether oxygens (including phenoxy) is 1. The van der Waals surface area contributed by atoms with Crippen LogP contribution in [0.4, 0.5) is 4.79 Å². The molecule has 0 aliphatic carbocycles. The van der Waals surface area contributed by atoms with Crippen LogP contribution in [0.3, 0.4) is 0 Å². The van der Waals surface area contributed by atoms with Crippen LogP contribution in [0, 0.1) is 0 Å². The second kappa shape index (κ2) is 8.07. The molecule has 2 atom stereocenters. The van der Waals surface area contributed by atoms with E-state index in [1.807, 2.05) is 20.8 Å². The highest BCUT2D eigenvalue weighted by atomic mass is 32.2. The van der Waals surface area contributed by atoms with Gasteiger partial charge in [0.1, 0.15) is 5.60 Å². The van der Waals surface area contributed by atoms with Crippen LogP contribution in [0.15, 0.2) is 17.0 Å². The number of nitrogens with zero attached hydrogens (tertiary/aromatic N) is 2. The highest BCUT2D eigenvalue weighted by Crippen LogP contribution is 2.45. The maximum Gasteiger partial charge on any atom is 0.410 e. The monoisotopic (exact) mass is 450 g/mol. The molecule has 2 fully saturated rings. The van der Waals surface area contributed by atoms with Crippen molar-refractivity contribution in [2.75, 3.05) is 13.1 Å². The molecule has 2 saturated heterocycles. The summed E-state index contributed by atoms with van der Waals surface area (Å²) < 4.78 is 34.7. The number of benzene rings is 1. The van der Waals surface area contributed by atoms with Crippen LogP contribution in [0.25, 0.3) is 0 Å². The maximum atomic E-state index is 13.8. The van der Waals surface area contributed by atoms with E-state index in [1.54, 1.807) is 9.21 Å². The molecule has 2 unspecified atom stereocenters. The zero-order valence-corrected chi connectivity index (χ0v) is 21.2. The van der Waals surface area contributed by atoms with Gasteiger partial charge in [0.2, 0.25) is 10.0 Å². The average molecular weight is 451 g/mol. The largest absolute Gasteiger partial charge is 0.444 e. The van der Waals surface area contributed by atoms with Crippen LogP contribution in [0.5, 0.6) is 0 Å². The fourth-order valence-electron chi connectivity index (χ4n) is 4.36. The lowest BCUT2D eigenvalue weighted by molar-refractivity contribution is 0.0269. The lowest BCUT2D eigenvalue weighted by Gasteiger charge is -2.27. The number of piperazine rings is 1. The molecular formula is C24H38N2O4S. The molecule has 0 aromatic heterocycles. The number of likely N-dealkylation sites (tertiary alicyclic amines) is 1. The Bertz CT molecular complexity index is 919. The summed E-state index contributed by atoms with van der Waals surface area (Å²) in [5.74, 6) is 0.521. The number of sulfonamides is 1. The summed E-state index contributed by atoms with van der Waals surface area (Å²) >= 11 is 0. The van der Waals surface area contributed by atoms with Gasteiger partial charge in [-0.2, -0.15) is 4.31 Å². The molecule has 0 N–H and O–H groups in total. The quantitative estimate of drug-likeness (QED) is 0.589. The number of hydrogen-bond acceptors (Lipinski definition) is 4. The summed E-state index contributed by atoms with van der Waals surface area (Å²) in [6.45, 7) is 18.8. The molecule has 0 radical (unpaired) electrons. The summed E-state index contributed by atoms with van der Waals surface area (Å²) in [5, 5.41) is 0. The molecular weight excluding hydrogens is 412 g/mol. The molecule has 31 heavy (non-hydrogen) atoms. The fraction of sp³-hybridized carbons (Fsp3) is 0.708. The molecule has 1 aromatic rings. The number of rotatable bonds is 5. The van der Waals surface area contributed by atoms with Gasteiger partial charge >= 0.3 is 6.09 Å². The van der Waals surface area contributed by atoms with Crippen LogP contribution in [-0.2, 0) is 14.8 Å². The van der Waals surface area contributed by atoms with E-state index < -0.39 is 15.6 Å². The van der Waals surface area contributed by atoms with Gasteiger partial charge in [-0.3, -0.25) is 0 Å². The van der Waals surface area contributed by atoms with E-state index >= 15 is 0 Å². The van der Waals surface area contributed by atoms with Gasteiger partial charge in [0.15, 0.2) is 0 Å². The predicted octanol–water partition coefficient (Wildman–Crippen LogP) is 5.05. The average Bonchev–Trinajstić information content (AvgIpc) is 3.15. The minimum absolute atomic E-state index is 0.0963. The number of carbonyl (C=O) groups excluding carboxylic acids is 1. The third-order valence-corrected chi connectivity index (χ3v) is 8.17. The van der Waals surface area contributed by atoms with E-state index in [0.717, 1.165) is 11.1 Å². The Morgan fingerprint density at radius 2 is 1.39 bits per heavy atom. The molecule has 1 amide bonds. The van der Waals surface area contributed by atoms with E-state index in [4.69, 9.17) is 4.74 Å². The van der Waals surface area contributed by atoms with E-state index in [9.17, 15) is 13.2 Å². The van der Waals surface area contributed by atoms with E-state index in [0.29, 0.717) is 23.9 Å². The SMILES string of the molecule is CC(C)c1cc(C(C)C)c(S(=O)(=O)N2C3CN(C(=O)OC(C)(C)C)CC32)c(C(C)C)c1. The minimum atomic E-state index is -3.65. The van der Waals surface area contributed by atoms with E-state index in [2.05, 4.69) is 53.7 Å². The summed E-state index contributed by atoms with van der Waals surface area (Å²) in [6.07, 6.45) is -0.371. The number of hydrogen-bond donors (Lipinski definition) is 0. The number of amides is 1. The van der Waals surface area contributed by atoms with Gasteiger partial charge in [0.05, 0.1) is 17.0 Å². The normalized spacial score (nSPS) is 23.6. The lowest BCUT2D eigenvalue weighted by atomic mass is 9.89.